The van der Waals surface area contributed by atoms with Gasteiger partial charge < -0.3 is 0 Å². The highest BCUT2D eigenvalue weighted by Crippen LogP contribution is 2.13. The molecule has 3 heteroatoms. The Hall–Kier alpha value is -1.35. The Morgan fingerprint density at radius 2 is 2.45 bits per heavy atom. The summed E-state index contributed by atoms with van der Waals surface area (Å²) >= 11 is 0. The van der Waals surface area contributed by atoms with Crippen LogP contribution in [-0.4, -0.2) is 11.6 Å². The fourth-order valence-electron chi connectivity index (χ4n) is 0.932. The summed E-state index contributed by atoms with van der Waals surface area (Å²) in [6, 6.07) is 5.71. The molecule has 0 radical (unpaired) electrons. The van der Waals surface area contributed by atoms with Crippen molar-refractivity contribution in [3.8, 4) is 0 Å². The first-order valence-corrected chi connectivity index (χ1v) is 3.47. The van der Waals surface area contributed by atoms with E-state index in [0.29, 0.717) is 6.61 Å². The van der Waals surface area contributed by atoms with Crippen LogP contribution in [0.4, 0.5) is 5.82 Å². The molecule has 11 heavy (non-hydrogen) atoms. The molecule has 0 amide bonds. The molecule has 2 heterocycles. The molecular formula is C8H8N2O. The van der Waals surface area contributed by atoms with Gasteiger partial charge in [0.05, 0.1) is 6.61 Å². The molecule has 1 aromatic rings. The van der Waals surface area contributed by atoms with Crippen LogP contribution < -0.4 is 5.06 Å². The lowest BCUT2D eigenvalue weighted by Gasteiger charge is -2.11. The molecule has 1 aliphatic heterocycles. The Morgan fingerprint density at radius 3 is 3.09 bits per heavy atom. The van der Waals surface area contributed by atoms with E-state index < -0.39 is 0 Å². The van der Waals surface area contributed by atoms with Crippen molar-refractivity contribution in [3.05, 3.63) is 36.7 Å². The van der Waals surface area contributed by atoms with Crippen LogP contribution in [0.5, 0.6) is 0 Å². The average molecular weight is 148 g/mol. The maximum Gasteiger partial charge on any atom is 0.157 e. The summed E-state index contributed by atoms with van der Waals surface area (Å²) in [5.41, 5.74) is 0. The zero-order valence-corrected chi connectivity index (χ0v) is 5.97. The number of nitrogens with zero attached hydrogens (tertiary/aromatic N) is 2. The van der Waals surface area contributed by atoms with E-state index in [1.807, 2.05) is 30.5 Å². The lowest BCUT2D eigenvalue weighted by atomic mass is 10.5. The molecule has 56 valence electrons. The van der Waals surface area contributed by atoms with Crippen molar-refractivity contribution in [1.82, 2.24) is 4.98 Å². The summed E-state index contributed by atoms with van der Waals surface area (Å²) < 4.78 is 0. The number of hydrogen-bond acceptors (Lipinski definition) is 3. The van der Waals surface area contributed by atoms with Crippen LogP contribution in [0.15, 0.2) is 36.7 Å². The van der Waals surface area contributed by atoms with Gasteiger partial charge in [0, 0.05) is 12.4 Å². The standard InChI is InChI=1S/C8H8N2O/c1-2-5-9-8(4-1)10-6-3-7-11-10/h1-6H,7H2. The van der Waals surface area contributed by atoms with E-state index in [4.69, 9.17) is 4.84 Å². The van der Waals surface area contributed by atoms with E-state index in [-0.39, 0.29) is 0 Å². The first kappa shape index (κ1) is 6.37. The molecule has 0 aliphatic carbocycles. The number of pyridine rings is 1. The number of hydroxylamine groups is 1. The molecule has 0 unspecified atom stereocenters. The molecule has 3 nitrogen and oxygen atoms in total. The molecule has 0 N–H and O–H groups in total. The maximum absolute atomic E-state index is 5.20. The smallest absolute Gasteiger partial charge is 0.157 e. The summed E-state index contributed by atoms with van der Waals surface area (Å²) in [7, 11) is 0. The van der Waals surface area contributed by atoms with Crippen LogP contribution in [-0.2, 0) is 4.84 Å². The Balaban J connectivity index is 2.23. The second-order valence-corrected chi connectivity index (χ2v) is 2.19. The fourth-order valence-corrected chi connectivity index (χ4v) is 0.932. The maximum atomic E-state index is 5.20. The second kappa shape index (κ2) is 2.72. The third-order valence-corrected chi connectivity index (χ3v) is 1.43. The molecule has 0 atom stereocenters. The van der Waals surface area contributed by atoms with E-state index >= 15 is 0 Å². The summed E-state index contributed by atoms with van der Waals surface area (Å²) in [4.78, 5) is 9.31. The third kappa shape index (κ3) is 1.23. The number of hydrogen-bond donors (Lipinski definition) is 0. The van der Waals surface area contributed by atoms with Crippen molar-refractivity contribution < 1.29 is 4.84 Å². The molecular weight excluding hydrogens is 140 g/mol. The normalized spacial score (nSPS) is 15.8. The van der Waals surface area contributed by atoms with Crippen LogP contribution in [0, 0.1) is 0 Å². The van der Waals surface area contributed by atoms with Gasteiger partial charge >= 0.3 is 0 Å². The van der Waals surface area contributed by atoms with Crippen LogP contribution in [0.25, 0.3) is 0 Å². The minimum Gasteiger partial charge on any atom is -0.263 e. The van der Waals surface area contributed by atoms with E-state index in [9.17, 15) is 0 Å². The number of rotatable bonds is 1. The third-order valence-electron chi connectivity index (χ3n) is 1.43. The molecule has 0 aromatic carbocycles. The van der Waals surface area contributed by atoms with E-state index in [1.165, 1.54) is 0 Å². The van der Waals surface area contributed by atoms with Crippen molar-refractivity contribution in [3.63, 3.8) is 0 Å². The van der Waals surface area contributed by atoms with Gasteiger partial charge in [0.1, 0.15) is 0 Å². The highest BCUT2D eigenvalue weighted by Gasteiger charge is 2.06. The van der Waals surface area contributed by atoms with Gasteiger partial charge in [-0.2, -0.15) is 0 Å². The predicted octanol–water partition coefficient (Wildman–Crippen LogP) is 1.35. The van der Waals surface area contributed by atoms with Gasteiger partial charge in [-0.25, -0.2) is 10.0 Å². The van der Waals surface area contributed by atoms with Gasteiger partial charge in [0.15, 0.2) is 5.82 Å². The van der Waals surface area contributed by atoms with E-state index in [0.717, 1.165) is 5.82 Å². The second-order valence-electron chi connectivity index (χ2n) is 2.19. The van der Waals surface area contributed by atoms with Crippen molar-refractivity contribution in [2.75, 3.05) is 11.7 Å². The van der Waals surface area contributed by atoms with Crippen LogP contribution >= 0.6 is 0 Å². The predicted molar refractivity (Wildman–Crippen MR) is 41.8 cm³/mol. The van der Waals surface area contributed by atoms with Gasteiger partial charge in [-0.05, 0) is 18.2 Å². The lowest BCUT2D eigenvalue weighted by Crippen LogP contribution is -2.11. The van der Waals surface area contributed by atoms with Crippen molar-refractivity contribution in [2.24, 2.45) is 0 Å². The largest absolute Gasteiger partial charge is 0.263 e. The average Bonchev–Trinajstić information content (AvgIpc) is 2.58. The Bertz CT molecular complexity index is 258. The van der Waals surface area contributed by atoms with Gasteiger partial charge in [-0.3, -0.25) is 4.84 Å². The van der Waals surface area contributed by atoms with Gasteiger partial charge in [0.2, 0.25) is 0 Å². The number of aromatic nitrogens is 1. The molecule has 0 bridgehead atoms. The summed E-state index contributed by atoms with van der Waals surface area (Å²) in [6.45, 7) is 0.635. The molecule has 0 saturated carbocycles. The first-order valence-electron chi connectivity index (χ1n) is 3.47. The van der Waals surface area contributed by atoms with Crippen molar-refractivity contribution in [2.45, 2.75) is 0 Å². The Kier molecular flexibility index (Phi) is 1.57. The Labute approximate surface area is 64.9 Å². The zero-order chi connectivity index (χ0) is 7.52. The van der Waals surface area contributed by atoms with Gasteiger partial charge in [0.25, 0.3) is 0 Å². The summed E-state index contributed by atoms with van der Waals surface area (Å²) in [5.74, 6) is 0.821. The van der Waals surface area contributed by atoms with Crippen LogP contribution in [0.1, 0.15) is 0 Å². The van der Waals surface area contributed by atoms with E-state index in [2.05, 4.69) is 4.98 Å². The highest BCUT2D eigenvalue weighted by atomic mass is 16.7. The van der Waals surface area contributed by atoms with Crippen molar-refractivity contribution in [1.29, 1.82) is 0 Å². The first-order chi connectivity index (χ1) is 5.47. The summed E-state index contributed by atoms with van der Waals surface area (Å²) in [5, 5.41) is 1.65. The van der Waals surface area contributed by atoms with Gasteiger partial charge in [-0.15, -0.1) is 0 Å². The lowest BCUT2D eigenvalue weighted by molar-refractivity contribution is 0.178. The molecule has 1 aromatic heterocycles. The highest BCUT2D eigenvalue weighted by molar-refractivity contribution is 5.38. The molecule has 0 spiro atoms. The Morgan fingerprint density at radius 1 is 1.45 bits per heavy atom. The summed E-state index contributed by atoms with van der Waals surface area (Å²) in [6.07, 6.45) is 5.54. The van der Waals surface area contributed by atoms with Crippen LogP contribution in [0.3, 0.4) is 0 Å². The van der Waals surface area contributed by atoms with Crippen LogP contribution in [0.2, 0.25) is 0 Å². The monoisotopic (exact) mass is 148 g/mol. The quantitative estimate of drug-likeness (QED) is 0.601. The molecule has 2 rings (SSSR count). The minimum atomic E-state index is 0.635. The molecule has 0 saturated heterocycles. The van der Waals surface area contributed by atoms with Gasteiger partial charge in [-0.1, -0.05) is 6.07 Å². The van der Waals surface area contributed by atoms with E-state index in [1.54, 1.807) is 11.3 Å². The fraction of sp³-hybridized carbons (Fsp3) is 0.125. The van der Waals surface area contributed by atoms with Crippen molar-refractivity contribution >= 4 is 5.82 Å². The zero-order valence-electron chi connectivity index (χ0n) is 5.97. The topological polar surface area (TPSA) is 25.4 Å². The molecule has 0 fully saturated rings. The number of anilines is 1. The molecule has 1 aliphatic rings. The SMILES string of the molecule is C1=CN(c2ccccn2)OC1. The minimum absolute atomic E-state index is 0.635.